The van der Waals surface area contributed by atoms with E-state index in [0.717, 1.165) is 9.87 Å². The summed E-state index contributed by atoms with van der Waals surface area (Å²) in [5, 5.41) is 11.0. The lowest BCUT2D eigenvalue weighted by molar-refractivity contribution is 0.0946. The highest BCUT2D eigenvalue weighted by Gasteiger charge is 2.17. The van der Waals surface area contributed by atoms with E-state index in [4.69, 9.17) is 4.42 Å². The van der Waals surface area contributed by atoms with E-state index in [0.29, 0.717) is 16.5 Å². The van der Waals surface area contributed by atoms with Gasteiger partial charge in [-0.05, 0) is 29.8 Å². The van der Waals surface area contributed by atoms with Crippen molar-refractivity contribution in [2.75, 3.05) is 19.8 Å². The number of rotatable bonds is 9. The van der Waals surface area contributed by atoms with Gasteiger partial charge in [0.25, 0.3) is 11.1 Å². The minimum atomic E-state index is -3.54. The standard InChI is InChI=1S/C21H22N4O4S2/c1-25(2)31(27,28)18-12-10-17(11-13-18)20(26)22-15-19-23-24-21(29-19)30-14-6-9-16-7-4-3-5-8-16/h3-13H,14-15H2,1-2H3,(H,22,26)/b9-6+. The molecule has 1 amide bonds. The van der Waals surface area contributed by atoms with Gasteiger partial charge in [0.1, 0.15) is 0 Å². The Morgan fingerprint density at radius 2 is 1.81 bits per heavy atom. The molecule has 3 rings (SSSR count). The van der Waals surface area contributed by atoms with Crippen molar-refractivity contribution in [2.45, 2.75) is 16.7 Å². The summed E-state index contributed by atoms with van der Waals surface area (Å²) in [7, 11) is -0.635. The van der Waals surface area contributed by atoms with Gasteiger partial charge >= 0.3 is 0 Å². The number of aromatic nitrogens is 2. The number of hydrogen-bond donors (Lipinski definition) is 1. The zero-order valence-corrected chi connectivity index (χ0v) is 18.7. The molecule has 0 saturated heterocycles. The van der Waals surface area contributed by atoms with Gasteiger partial charge in [0.05, 0.1) is 11.4 Å². The lowest BCUT2D eigenvalue weighted by Crippen LogP contribution is -2.24. The highest BCUT2D eigenvalue weighted by atomic mass is 32.2. The predicted molar refractivity (Wildman–Crippen MR) is 119 cm³/mol. The fourth-order valence-corrected chi connectivity index (χ4v) is 3.97. The van der Waals surface area contributed by atoms with Crippen molar-refractivity contribution in [3.8, 4) is 0 Å². The number of carbonyl (C=O) groups is 1. The van der Waals surface area contributed by atoms with Crippen LogP contribution in [0.15, 0.2) is 75.2 Å². The van der Waals surface area contributed by atoms with Crippen LogP contribution < -0.4 is 5.32 Å². The SMILES string of the molecule is CN(C)S(=O)(=O)c1ccc(C(=O)NCc2nnc(SC/C=C/c3ccccc3)o2)cc1. The highest BCUT2D eigenvalue weighted by Crippen LogP contribution is 2.17. The van der Waals surface area contributed by atoms with Crippen LogP contribution in [0.1, 0.15) is 21.8 Å². The molecule has 0 fully saturated rings. The van der Waals surface area contributed by atoms with Crippen LogP contribution in [-0.4, -0.2) is 48.7 Å². The number of hydrogen-bond acceptors (Lipinski definition) is 7. The van der Waals surface area contributed by atoms with Gasteiger partial charge in [0.2, 0.25) is 15.9 Å². The Morgan fingerprint density at radius 3 is 2.48 bits per heavy atom. The first-order valence-corrected chi connectivity index (χ1v) is 11.8. The van der Waals surface area contributed by atoms with Crippen molar-refractivity contribution in [1.82, 2.24) is 19.8 Å². The third-order valence-corrected chi connectivity index (χ3v) is 6.76. The van der Waals surface area contributed by atoms with Gasteiger partial charge in [-0.3, -0.25) is 4.79 Å². The van der Waals surface area contributed by atoms with Crippen molar-refractivity contribution in [2.24, 2.45) is 0 Å². The van der Waals surface area contributed by atoms with Crippen molar-refractivity contribution in [1.29, 1.82) is 0 Å². The number of benzene rings is 2. The van der Waals surface area contributed by atoms with E-state index >= 15 is 0 Å². The summed E-state index contributed by atoms with van der Waals surface area (Å²) in [4.78, 5) is 12.4. The lowest BCUT2D eigenvalue weighted by atomic mass is 10.2. The van der Waals surface area contributed by atoms with Gasteiger partial charge in [-0.15, -0.1) is 10.2 Å². The van der Waals surface area contributed by atoms with E-state index in [9.17, 15) is 13.2 Å². The van der Waals surface area contributed by atoms with E-state index in [-0.39, 0.29) is 23.2 Å². The molecule has 1 aromatic heterocycles. The zero-order chi connectivity index (χ0) is 22.3. The zero-order valence-electron chi connectivity index (χ0n) is 17.1. The fourth-order valence-electron chi connectivity index (χ4n) is 2.48. The van der Waals surface area contributed by atoms with E-state index in [1.165, 1.54) is 50.1 Å². The Balaban J connectivity index is 1.49. The van der Waals surface area contributed by atoms with Crippen LogP contribution >= 0.6 is 11.8 Å². The van der Waals surface area contributed by atoms with Crippen molar-refractivity contribution in [3.05, 3.63) is 77.7 Å². The van der Waals surface area contributed by atoms with Crippen LogP contribution in [0.3, 0.4) is 0 Å². The van der Waals surface area contributed by atoms with E-state index in [1.54, 1.807) is 0 Å². The number of carbonyl (C=O) groups excluding carboxylic acids is 1. The van der Waals surface area contributed by atoms with Gasteiger partial charge in [0.15, 0.2) is 0 Å². The second-order valence-corrected chi connectivity index (χ2v) is 9.70. The molecule has 0 unspecified atom stereocenters. The largest absolute Gasteiger partial charge is 0.414 e. The number of amides is 1. The minimum Gasteiger partial charge on any atom is -0.414 e. The Kier molecular flexibility index (Phi) is 7.61. The molecule has 10 heteroatoms. The van der Waals surface area contributed by atoms with Gasteiger partial charge < -0.3 is 9.73 Å². The molecule has 0 atom stereocenters. The fraction of sp³-hybridized carbons (Fsp3) is 0.190. The molecule has 8 nitrogen and oxygen atoms in total. The van der Waals surface area contributed by atoms with Crippen LogP contribution in [0.4, 0.5) is 0 Å². The molecule has 0 aliphatic heterocycles. The molecular weight excluding hydrogens is 436 g/mol. The monoisotopic (exact) mass is 458 g/mol. The molecule has 1 N–H and O–H groups in total. The first-order valence-electron chi connectivity index (χ1n) is 9.34. The summed E-state index contributed by atoms with van der Waals surface area (Å²) in [6, 6.07) is 15.7. The number of thioether (sulfide) groups is 1. The normalized spacial score (nSPS) is 11.8. The Hall–Kier alpha value is -2.95. The summed E-state index contributed by atoms with van der Waals surface area (Å²) in [5.74, 6) is 0.590. The van der Waals surface area contributed by atoms with Gasteiger partial charge in [-0.2, -0.15) is 0 Å². The molecule has 2 aromatic carbocycles. The third-order valence-electron chi connectivity index (χ3n) is 4.16. The highest BCUT2D eigenvalue weighted by molar-refractivity contribution is 7.99. The molecule has 0 aliphatic rings. The summed E-state index contributed by atoms with van der Waals surface area (Å²) in [6.07, 6.45) is 4.02. The molecule has 0 radical (unpaired) electrons. The minimum absolute atomic E-state index is 0.0734. The van der Waals surface area contributed by atoms with Gasteiger partial charge in [-0.25, -0.2) is 12.7 Å². The molecule has 162 valence electrons. The second-order valence-electron chi connectivity index (χ2n) is 6.58. The van der Waals surface area contributed by atoms with Gasteiger partial charge in [-0.1, -0.05) is 54.2 Å². The summed E-state index contributed by atoms with van der Waals surface area (Å²) >= 11 is 1.40. The molecule has 3 aromatic rings. The summed E-state index contributed by atoms with van der Waals surface area (Å²) in [6.45, 7) is 0.0734. The van der Waals surface area contributed by atoms with Crippen molar-refractivity contribution >= 4 is 33.8 Å². The van der Waals surface area contributed by atoms with Crippen LogP contribution in [0.25, 0.3) is 6.08 Å². The van der Waals surface area contributed by atoms with E-state index in [1.807, 2.05) is 42.5 Å². The number of sulfonamides is 1. The first kappa shape index (κ1) is 22.7. The molecule has 0 bridgehead atoms. The lowest BCUT2D eigenvalue weighted by Gasteiger charge is -2.11. The predicted octanol–water partition coefficient (Wildman–Crippen LogP) is 3.06. The van der Waals surface area contributed by atoms with Gasteiger partial charge in [0, 0.05) is 25.4 Å². The maximum absolute atomic E-state index is 12.3. The maximum Gasteiger partial charge on any atom is 0.276 e. The second kappa shape index (κ2) is 10.4. The summed E-state index contributed by atoms with van der Waals surface area (Å²) in [5.41, 5.74) is 1.45. The maximum atomic E-state index is 12.3. The Bertz CT molecular complexity index is 1140. The number of nitrogens with zero attached hydrogens (tertiary/aromatic N) is 3. The molecule has 0 spiro atoms. The Labute approximate surface area is 185 Å². The van der Waals surface area contributed by atoms with Crippen molar-refractivity contribution < 1.29 is 17.6 Å². The molecular formula is C21H22N4O4S2. The first-order chi connectivity index (χ1) is 14.9. The molecule has 31 heavy (non-hydrogen) atoms. The topological polar surface area (TPSA) is 105 Å². The average molecular weight is 459 g/mol. The third kappa shape index (κ3) is 6.27. The van der Waals surface area contributed by atoms with Crippen LogP contribution in [0, 0.1) is 0 Å². The molecule has 1 heterocycles. The van der Waals surface area contributed by atoms with E-state index < -0.39 is 10.0 Å². The average Bonchev–Trinajstić information content (AvgIpc) is 3.23. The van der Waals surface area contributed by atoms with Crippen LogP contribution in [0.5, 0.6) is 0 Å². The van der Waals surface area contributed by atoms with E-state index in [2.05, 4.69) is 15.5 Å². The molecule has 0 aliphatic carbocycles. The van der Waals surface area contributed by atoms with Crippen LogP contribution in [0.2, 0.25) is 0 Å². The van der Waals surface area contributed by atoms with Crippen LogP contribution in [-0.2, 0) is 16.6 Å². The Morgan fingerprint density at radius 1 is 1.10 bits per heavy atom. The number of nitrogens with one attached hydrogen (secondary N) is 1. The smallest absolute Gasteiger partial charge is 0.276 e. The van der Waals surface area contributed by atoms with Crippen molar-refractivity contribution in [3.63, 3.8) is 0 Å². The molecule has 0 saturated carbocycles. The quantitative estimate of drug-likeness (QED) is 0.491. The summed E-state index contributed by atoms with van der Waals surface area (Å²) < 4.78 is 30.8.